The average Bonchev–Trinajstić information content (AvgIpc) is 2.58. The van der Waals surface area contributed by atoms with E-state index in [1.807, 2.05) is 25.1 Å². The van der Waals surface area contributed by atoms with Crippen LogP contribution in [0.3, 0.4) is 0 Å². The Hall–Kier alpha value is -2.86. The topological polar surface area (TPSA) is 79.5 Å². The summed E-state index contributed by atoms with van der Waals surface area (Å²) in [5.41, 5.74) is 8.55. The van der Waals surface area contributed by atoms with Gasteiger partial charge in [0.2, 0.25) is 0 Å². The van der Waals surface area contributed by atoms with E-state index < -0.39 is 0 Å². The zero-order valence-electron chi connectivity index (χ0n) is 13.7. The maximum atomic E-state index is 5.92. The minimum Gasteiger partial charge on any atom is -0.489 e. The van der Waals surface area contributed by atoms with E-state index in [-0.39, 0.29) is 0 Å². The fourth-order valence-corrected chi connectivity index (χ4v) is 2.25. The SMILES string of the molecule is COCCOc1cc2nccc(Oc3ccc(N)cc3)c2nc1C. The molecule has 2 aromatic heterocycles. The highest BCUT2D eigenvalue weighted by Gasteiger charge is 2.11. The van der Waals surface area contributed by atoms with Crippen LogP contribution in [-0.4, -0.2) is 30.3 Å². The Kier molecular flexibility index (Phi) is 4.77. The van der Waals surface area contributed by atoms with E-state index in [9.17, 15) is 0 Å². The molecule has 0 aliphatic heterocycles. The first-order valence-corrected chi connectivity index (χ1v) is 7.59. The first-order valence-electron chi connectivity index (χ1n) is 7.59. The molecule has 0 bridgehead atoms. The van der Waals surface area contributed by atoms with E-state index in [1.165, 1.54) is 0 Å². The minimum atomic E-state index is 0.464. The van der Waals surface area contributed by atoms with Crippen molar-refractivity contribution in [3.63, 3.8) is 0 Å². The number of nitrogens with two attached hydrogens (primary N) is 1. The number of ether oxygens (including phenoxy) is 3. The van der Waals surface area contributed by atoms with Crippen LogP contribution < -0.4 is 15.2 Å². The number of nitrogens with zero attached hydrogens (tertiary/aromatic N) is 2. The predicted molar refractivity (Wildman–Crippen MR) is 92.6 cm³/mol. The number of rotatable bonds is 6. The second-order valence-corrected chi connectivity index (χ2v) is 5.26. The fourth-order valence-electron chi connectivity index (χ4n) is 2.25. The zero-order valence-corrected chi connectivity index (χ0v) is 13.7. The third kappa shape index (κ3) is 3.55. The summed E-state index contributed by atoms with van der Waals surface area (Å²) in [7, 11) is 1.64. The molecule has 0 spiro atoms. The number of fused-ring (bicyclic) bond motifs is 1. The lowest BCUT2D eigenvalue weighted by atomic mass is 10.2. The van der Waals surface area contributed by atoms with Gasteiger partial charge in [-0.1, -0.05) is 0 Å². The molecule has 1 aromatic carbocycles. The summed E-state index contributed by atoms with van der Waals surface area (Å²) in [6.07, 6.45) is 1.69. The van der Waals surface area contributed by atoms with Crippen molar-refractivity contribution >= 4 is 16.7 Å². The molecule has 2 heterocycles. The number of methoxy groups -OCH3 is 1. The van der Waals surface area contributed by atoms with Crippen molar-refractivity contribution in [2.75, 3.05) is 26.1 Å². The highest BCUT2D eigenvalue weighted by atomic mass is 16.5. The molecule has 124 valence electrons. The number of nitrogen functional groups attached to an aromatic ring is 1. The number of hydrogen-bond donors (Lipinski definition) is 1. The second kappa shape index (κ2) is 7.14. The standard InChI is InChI=1S/C18H19N3O3/c1-12-17(23-10-9-22-2)11-15-18(21-12)16(7-8-20-15)24-14-5-3-13(19)4-6-14/h3-8,11H,9-10,19H2,1-2H3. The largest absolute Gasteiger partial charge is 0.489 e. The lowest BCUT2D eigenvalue weighted by Gasteiger charge is -2.12. The molecule has 0 amide bonds. The summed E-state index contributed by atoms with van der Waals surface area (Å²) < 4.78 is 16.6. The van der Waals surface area contributed by atoms with Crippen LogP contribution in [0, 0.1) is 6.92 Å². The van der Waals surface area contributed by atoms with Crippen molar-refractivity contribution in [1.29, 1.82) is 0 Å². The Labute approximate surface area is 140 Å². The molecule has 0 unspecified atom stereocenters. The van der Waals surface area contributed by atoms with Gasteiger partial charge in [0.1, 0.15) is 23.6 Å². The summed E-state index contributed by atoms with van der Waals surface area (Å²) in [5, 5.41) is 0. The van der Waals surface area contributed by atoms with Crippen molar-refractivity contribution in [2.24, 2.45) is 0 Å². The van der Waals surface area contributed by atoms with Gasteiger partial charge in [-0.05, 0) is 31.2 Å². The van der Waals surface area contributed by atoms with E-state index in [1.54, 1.807) is 31.5 Å². The molecule has 0 saturated carbocycles. The minimum absolute atomic E-state index is 0.464. The Balaban J connectivity index is 1.92. The second-order valence-electron chi connectivity index (χ2n) is 5.26. The molecule has 24 heavy (non-hydrogen) atoms. The molecule has 0 fully saturated rings. The average molecular weight is 325 g/mol. The van der Waals surface area contributed by atoms with Gasteiger partial charge >= 0.3 is 0 Å². The number of aromatic nitrogens is 2. The van der Waals surface area contributed by atoms with Crippen LogP contribution in [0.25, 0.3) is 11.0 Å². The molecular weight excluding hydrogens is 306 g/mol. The Morgan fingerprint density at radius 2 is 1.83 bits per heavy atom. The number of anilines is 1. The van der Waals surface area contributed by atoms with Crippen molar-refractivity contribution in [3.05, 3.63) is 48.3 Å². The van der Waals surface area contributed by atoms with Gasteiger partial charge in [0.25, 0.3) is 0 Å². The summed E-state index contributed by atoms with van der Waals surface area (Å²) in [5.74, 6) is 2.02. The first kappa shape index (κ1) is 16.0. The summed E-state index contributed by atoms with van der Waals surface area (Å²) in [6, 6.07) is 10.9. The highest BCUT2D eigenvalue weighted by Crippen LogP contribution is 2.30. The maximum absolute atomic E-state index is 5.92. The monoisotopic (exact) mass is 325 g/mol. The van der Waals surface area contributed by atoms with Crippen LogP contribution in [0.5, 0.6) is 17.2 Å². The predicted octanol–water partition coefficient (Wildman–Crippen LogP) is 3.34. The Morgan fingerprint density at radius 3 is 2.58 bits per heavy atom. The maximum Gasteiger partial charge on any atom is 0.156 e. The van der Waals surface area contributed by atoms with Crippen LogP contribution in [0.2, 0.25) is 0 Å². The lowest BCUT2D eigenvalue weighted by molar-refractivity contribution is 0.146. The fraction of sp³-hybridized carbons (Fsp3) is 0.222. The lowest BCUT2D eigenvalue weighted by Crippen LogP contribution is -2.06. The number of pyridine rings is 2. The van der Waals surface area contributed by atoms with Gasteiger partial charge in [0, 0.05) is 31.1 Å². The number of benzene rings is 1. The molecule has 6 nitrogen and oxygen atoms in total. The molecule has 3 aromatic rings. The van der Waals surface area contributed by atoms with Crippen LogP contribution >= 0.6 is 0 Å². The summed E-state index contributed by atoms with van der Waals surface area (Å²) in [4.78, 5) is 8.94. The van der Waals surface area contributed by atoms with Crippen molar-refractivity contribution in [3.8, 4) is 17.2 Å². The number of hydrogen-bond acceptors (Lipinski definition) is 6. The third-order valence-electron chi connectivity index (χ3n) is 3.47. The summed E-state index contributed by atoms with van der Waals surface area (Å²) in [6.45, 7) is 2.87. The zero-order chi connectivity index (χ0) is 16.9. The molecule has 0 radical (unpaired) electrons. The van der Waals surface area contributed by atoms with Crippen molar-refractivity contribution in [2.45, 2.75) is 6.92 Å². The molecule has 6 heteroatoms. The van der Waals surface area contributed by atoms with Crippen molar-refractivity contribution in [1.82, 2.24) is 9.97 Å². The Bertz CT molecular complexity index is 835. The highest BCUT2D eigenvalue weighted by molar-refractivity contribution is 5.82. The van der Waals surface area contributed by atoms with Crippen LogP contribution in [0.1, 0.15) is 5.69 Å². The van der Waals surface area contributed by atoms with Gasteiger partial charge in [0.15, 0.2) is 5.75 Å². The van der Waals surface area contributed by atoms with Gasteiger partial charge in [-0.25, -0.2) is 4.98 Å². The molecule has 0 aliphatic carbocycles. The van der Waals surface area contributed by atoms with E-state index in [2.05, 4.69) is 9.97 Å². The van der Waals surface area contributed by atoms with Crippen molar-refractivity contribution < 1.29 is 14.2 Å². The van der Waals surface area contributed by atoms with Crippen LogP contribution in [0.15, 0.2) is 42.6 Å². The molecule has 0 saturated heterocycles. The van der Waals surface area contributed by atoms with Crippen LogP contribution in [0.4, 0.5) is 5.69 Å². The van der Waals surface area contributed by atoms with E-state index in [0.29, 0.717) is 47.2 Å². The quantitative estimate of drug-likeness (QED) is 0.553. The molecule has 0 atom stereocenters. The first-order chi connectivity index (χ1) is 11.7. The molecule has 3 rings (SSSR count). The van der Waals surface area contributed by atoms with Gasteiger partial charge in [-0.15, -0.1) is 0 Å². The van der Waals surface area contributed by atoms with E-state index in [4.69, 9.17) is 19.9 Å². The third-order valence-corrected chi connectivity index (χ3v) is 3.47. The van der Waals surface area contributed by atoms with Gasteiger partial charge in [0.05, 0.1) is 17.8 Å². The van der Waals surface area contributed by atoms with E-state index in [0.717, 1.165) is 5.69 Å². The summed E-state index contributed by atoms with van der Waals surface area (Å²) >= 11 is 0. The molecular formula is C18H19N3O3. The van der Waals surface area contributed by atoms with Crippen LogP contribution in [-0.2, 0) is 4.74 Å². The number of aryl methyl sites for hydroxylation is 1. The van der Waals surface area contributed by atoms with Gasteiger partial charge in [-0.3, -0.25) is 4.98 Å². The smallest absolute Gasteiger partial charge is 0.156 e. The molecule has 0 aliphatic rings. The molecule has 2 N–H and O–H groups in total. The van der Waals surface area contributed by atoms with E-state index >= 15 is 0 Å². The van der Waals surface area contributed by atoms with Gasteiger partial charge < -0.3 is 19.9 Å². The normalized spacial score (nSPS) is 10.8. The van der Waals surface area contributed by atoms with Gasteiger partial charge in [-0.2, -0.15) is 0 Å². The Morgan fingerprint density at radius 1 is 1.04 bits per heavy atom.